The van der Waals surface area contributed by atoms with Crippen LogP contribution in [-0.2, 0) is 10.1 Å². The second kappa shape index (κ2) is 8.85. The van der Waals surface area contributed by atoms with Crippen LogP contribution in [0, 0.1) is 12.8 Å². The lowest BCUT2D eigenvalue weighted by atomic mass is 10.1. The molecule has 1 unspecified atom stereocenters. The molecule has 0 fully saturated rings. The molecule has 1 atom stereocenters. The molecule has 0 saturated carbocycles. The number of benzene rings is 3. The van der Waals surface area contributed by atoms with Crippen molar-refractivity contribution >= 4 is 33.3 Å². The molecule has 3 aromatic carbocycles. The molecule has 0 aromatic heterocycles. The van der Waals surface area contributed by atoms with Gasteiger partial charge in [0.2, 0.25) is 0 Å². The van der Waals surface area contributed by atoms with Crippen LogP contribution in [0.5, 0.6) is 11.5 Å². The average molecular weight is 456 g/mol. The second-order valence-electron chi connectivity index (χ2n) is 7.74. The molecule has 0 amide bonds. The van der Waals surface area contributed by atoms with E-state index >= 15 is 0 Å². The quantitative estimate of drug-likeness (QED) is 0.429. The van der Waals surface area contributed by atoms with Crippen molar-refractivity contribution in [1.82, 2.24) is 0 Å². The number of hydrogen-bond acceptors (Lipinski definition) is 6. The molecule has 3 aromatic rings. The summed E-state index contributed by atoms with van der Waals surface area (Å²) < 4.78 is 36.1. The Bertz CT molecular complexity index is 1180. The molecule has 0 aliphatic carbocycles. The fraction of sp³-hybridized carbons (Fsp3) is 0.250. The normalized spacial score (nSPS) is 13.8. The van der Waals surface area contributed by atoms with Crippen LogP contribution in [0.15, 0.2) is 76.5 Å². The summed E-state index contributed by atoms with van der Waals surface area (Å²) in [5.41, 5.74) is 3.14. The number of methoxy groups -OCH3 is 1. The van der Waals surface area contributed by atoms with Crippen LogP contribution < -0.4 is 13.8 Å². The lowest BCUT2D eigenvalue weighted by Gasteiger charge is -2.34. The first kappa shape index (κ1) is 21.6. The van der Waals surface area contributed by atoms with Crippen molar-refractivity contribution in [2.45, 2.75) is 23.6 Å². The van der Waals surface area contributed by atoms with Gasteiger partial charge in [-0.1, -0.05) is 48.5 Å². The number of hydrogen-bond donors (Lipinski definition) is 0. The van der Waals surface area contributed by atoms with Crippen molar-refractivity contribution in [3.8, 4) is 11.5 Å². The van der Waals surface area contributed by atoms with Crippen molar-refractivity contribution in [2.24, 2.45) is 5.92 Å². The van der Waals surface area contributed by atoms with Gasteiger partial charge in [0, 0.05) is 22.4 Å². The molecule has 1 heterocycles. The average Bonchev–Trinajstić information content (AvgIpc) is 2.74. The first-order valence-corrected chi connectivity index (χ1v) is 12.5. The SMILES string of the molecule is COc1ccc2c(c1)N(CC(C)CS(=O)(=O)Oc1ccc(C)cc1)c1ccccc1S2. The highest BCUT2D eigenvalue weighted by atomic mass is 32.2. The maximum atomic E-state index is 12.7. The van der Waals surface area contributed by atoms with Gasteiger partial charge >= 0.3 is 10.1 Å². The topological polar surface area (TPSA) is 55.8 Å². The van der Waals surface area contributed by atoms with Gasteiger partial charge in [-0.25, -0.2) is 0 Å². The molecule has 1 aliphatic rings. The summed E-state index contributed by atoms with van der Waals surface area (Å²) in [6, 6.07) is 21.2. The van der Waals surface area contributed by atoms with Gasteiger partial charge in [0.1, 0.15) is 11.5 Å². The summed E-state index contributed by atoms with van der Waals surface area (Å²) >= 11 is 1.71. The first-order valence-electron chi connectivity index (χ1n) is 10.1. The molecular formula is C24H25NO4S2. The minimum absolute atomic E-state index is 0.0774. The summed E-state index contributed by atoms with van der Waals surface area (Å²) in [6.07, 6.45) is 0. The van der Waals surface area contributed by atoms with Crippen molar-refractivity contribution in [2.75, 3.05) is 24.3 Å². The van der Waals surface area contributed by atoms with Gasteiger partial charge < -0.3 is 13.8 Å². The second-order valence-corrected chi connectivity index (χ2v) is 10.4. The summed E-state index contributed by atoms with van der Waals surface area (Å²) in [5.74, 6) is 0.872. The Balaban J connectivity index is 1.56. The van der Waals surface area contributed by atoms with E-state index in [1.54, 1.807) is 31.0 Å². The van der Waals surface area contributed by atoms with Crippen LogP contribution in [-0.4, -0.2) is 27.8 Å². The summed E-state index contributed by atoms with van der Waals surface area (Å²) in [4.78, 5) is 4.44. The predicted molar refractivity (Wildman–Crippen MR) is 125 cm³/mol. The zero-order valence-corrected chi connectivity index (χ0v) is 19.4. The molecule has 5 nitrogen and oxygen atoms in total. The Kier molecular flexibility index (Phi) is 6.16. The van der Waals surface area contributed by atoms with Gasteiger partial charge in [-0.3, -0.25) is 0 Å². The minimum atomic E-state index is -3.72. The van der Waals surface area contributed by atoms with Crippen LogP contribution in [0.25, 0.3) is 0 Å². The van der Waals surface area contributed by atoms with Crippen molar-refractivity contribution < 1.29 is 17.3 Å². The van der Waals surface area contributed by atoms with Crippen LogP contribution in [0.1, 0.15) is 12.5 Å². The molecule has 0 N–H and O–H groups in total. The van der Waals surface area contributed by atoms with E-state index in [9.17, 15) is 8.42 Å². The van der Waals surface area contributed by atoms with Crippen molar-refractivity contribution in [3.63, 3.8) is 0 Å². The van der Waals surface area contributed by atoms with Gasteiger partial charge in [0.15, 0.2) is 0 Å². The first-order chi connectivity index (χ1) is 14.8. The molecule has 0 saturated heterocycles. The van der Waals surface area contributed by atoms with Crippen molar-refractivity contribution in [3.05, 3.63) is 72.3 Å². The minimum Gasteiger partial charge on any atom is -0.497 e. The van der Waals surface area contributed by atoms with E-state index in [-0.39, 0.29) is 11.7 Å². The van der Waals surface area contributed by atoms with Gasteiger partial charge in [-0.05, 0) is 49.2 Å². The smallest absolute Gasteiger partial charge is 0.309 e. The van der Waals surface area contributed by atoms with Crippen LogP contribution in [0.4, 0.5) is 11.4 Å². The Labute approximate surface area is 188 Å². The van der Waals surface area contributed by atoms with E-state index in [2.05, 4.69) is 17.0 Å². The molecule has 0 bridgehead atoms. The predicted octanol–water partition coefficient (Wildman–Crippen LogP) is 5.65. The molecule has 7 heteroatoms. The zero-order chi connectivity index (χ0) is 22.0. The Hall–Kier alpha value is -2.64. The van der Waals surface area contributed by atoms with Crippen LogP contribution in [0.3, 0.4) is 0 Å². The van der Waals surface area contributed by atoms with E-state index < -0.39 is 10.1 Å². The maximum Gasteiger partial charge on any atom is 0.309 e. The third-order valence-corrected chi connectivity index (χ3v) is 7.61. The largest absolute Gasteiger partial charge is 0.497 e. The van der Waals surface area contributed by atoms with E-state index in [0.29, 0.717) is 12.3 Å². The molecule has 0 radical (unpaired) electrons. The van der Waals surface area contributed by atoms with E-state index in [4.69, 9.17) is 8.92 Å². The lowest BCUT2D eigenvalue weighted by Crippen LogP contribution is -2.31. The summed E-state index contributed by atoms with van der Waals surface area (Å²) in [5, 5.41) is 0. The van der Waals surface area contributed by atoms with E-state index in [1.807, 2.05) is 56.3 Å². The third kappa shape index (κ3) is 4.99. The van der Waals surface area contributed by atoms with Gasteiger partial charge in [0.25, 0.3) is 0 Å². The highest BCUT2D eigenvalue weighted by molar-refractivity contribution is 7.99. The lowest BCUT2D eigenvalue weighted by molar-refractivity contribution is 0.414. The summed E-state index contributed by atoms with van der Waals surface area (Å²) in [6.45, 7) is 4.41. The molecule has 4 rings (SSSR count). The number of anilines is 2. The van der Waals surface area contributed by atoms with E-state index in [1.165, 1.54) is 0 Å². The number of para-hydroxylation sites is 1. The Morgan fingerprint density at radius 2 is 1.61 bits per heavy atom. The number of rotatable bonds is 7. The Morgan fingerprint density at radius 1 is 0.935 bits per heavy atom. The highest BCUT2D eigenvalue weighted by Gasteiger charge is 2.27. The number of ether oxygens (including phenoxy) is 1. The van der Waals surface area contributed by atoms with Crippen molar-refractivity contribution in [1.29, 1.82) is 0 Å². The van der Waals surface area contributed by atoms with Gasteiger partial charge in [-0.2, -0.15) is 8.42 Å². The molecule has 31 heavy (non-hydrogen) atoms. The number of nitrogens with zero attached hydrogens (tertiary/aromatic N) is 1. The van der Waals surface area contributed by atoms with E-state index in [0.717, 1.165) is 32.5 Å². The van der Waals surface area contributed by atoms with Crippen LogP contribution in [0.2, 0.25) is 0 Å². The Morgan fingerprint density at radius 3 is 2.35 bits per heavy atom. The maximum absolute atomic E-state index is 12.7. The summed E-state index contributed by atoms with van der Waals surface area (Å²) in [7, 11) is -2.08. The zero-order valence-electron chi connectivity index (χ0n) is 17.7. The third-order valence-electron chi connectivity index (χ3n) is 5.06. The monoisotopic (exact) mass is 455 g/mol. The molecular weight excluding hydrogens is 430 g/mol. The molecule has 0 spiro atoms. The molecule has 1 aliphatic heterocycles. The fourth-order valence-corrected chi connectivity index (χ4v) is 5.97. The standard InChI is InChI=1S/C24H25NO4S2/c1-17-8-10-19(11-9-17)29-31(26,27)16-18(2)15-25-21-6-4-5-7-23(21)30-24-13-12-20(28-3)14-22(24)25/h4-14,18H,15-16H2,1-3H3. The number of aryl methyl sites for hydroxylation is 1. The fourth-order valence-electron chi connectivity index (χ4n) is 3.62. The number of fused-ring (bicyclic) bond motifs is 2. The highest BCUT2D eigenvalue weighted by Crippen LogP contribution is 2.49. The molecule has 162 valence electrons. The van der Waals surface area contributed by atoms with Crippen LogP contribution >= 0.6 is 11.8 Å². The van der Waals surface area contributed by atoms with Gasteiger partial charge in [0.05, 0.1) is 24.2 Å². The van der Waals surface area contributed by atoms with Gasteiger partial charge in [-0.15, -0.1) is 0 Å².